The number of anilines is 2. The highest BCUT2D eigenvalue weighted by molar-refractivity contribution is 7.92. The van der Waals surface area contributed by atoms with Gasteiger partial charge in [0, 0.05) is 24.5 Å². The Labute approximate surface area is 171 Å². The predicted molar refractivity (Wildman–Crippen MR) is 105 cm³/mol. The number of carbonyl (C=O) groups excluding carboxylic acids is 1. The Morgan fingerprint density at radius 2 is 1.67 bits per heavy atom. The average Bonchev–Trinajstić information content (AvgIpc) is 2.69. The second-order valence-corrected chi connectivity index (χ2v) is 8.33. The maximum Gasteiger partial charge on any atom is 0.416 e. The van der Waals surface area contributed by atoms with Gasteiger partial charge in [-0.2, -0.15) is 13.2 Å². The summed E-state index contributed by atoms with van der Waals surface area (Å²) in [6.45, 7) is 2.71. The number of carbonyl (C=O) groups is 1. The number of ether oxygens (including phenoxy) is 1. The molecule has 0 spiro atoms. The van der Waals surface area contributed by atoms with Crippen molar-refractivity contribution < 1.29 is 31.1 Å². The molecule has 7 nitrogen and oxygen atoms in total. The second-order valence-electron chi connectivity index (χ2n) is 6.65. The van der Waals surface area contributed by atoms with Gasteiger partial charge in [0.15, 0.2) is 0 Å². The van der Waals surface area contributed by atoms with Crippen LogP contribution in [0.3, 0.4) is 0 Å². The highest BCUT2D eigenvalue weighted by atomic mass is 32.2. The molecule has 1 fully saturated rings. The van der Waals surface area contributed by atoms with E-state index in [0.29, 0.717) is 38.1 Å². The molecule has 11 heteroatoms. The molecule has 3 rings (SSSR count). The first-order valence-corrected chi connectivity index (χ1v) is 10.5. The summed E-state index contributed by atoms with van der Waals surface area (Å²) in [5, 5.41) is 2.71. The van der Waals surface area contributed by atoms with Crippen LogP contribution in [0, 0.1) is 0 Å². The highest BCUT2D eigenvalue weighted by Crippen LogP contribution is 2.31. The largest absolute Gasteiger partial charge is 0.416 e. The summed E-state index contributed by atoms with van der Waals surface area (Å²) in [4.78, 5) is 13.6. The summed E-state index contributed by atoms with van der Waals surface area (Å²) in [5.41, 5.74) is -0.433. The summed E-state index contributed by atoms with van der Waals surface area (Å²) in [6, 6.07) is 9.31. The first-order valence-electron chi connectivity index (χ1n) is 9.03. The van der Waals surface area contributed by atoms with Gasteiger partial charge in [0.05, 0.1) is 30.2 Å². The molecule has 1 aliphatic heterocycles. The van der Waals surface area contributed by atoms with Crippen LogP contribution < -0.4 is 10.0 Å². The van der Waals surface area contributed by atoms with Crippen LogP contribution in [0.4, 0.5) is 24.5 Å². The Hall–Kier alpha value is -2.63. The molecule has 0 saturated carbocycles. The molecular formula is C19H20F3N3O4S. The number of rotatable bonds is 6. The van der Waals surface area contributed by atoms with Crippen LogP contribution >= 0.6 is 0 Å². The molecule has 30 heavy (non-hydrogen) atoms. The maximum atomic E-state index is 12.8. The van der Waals surface area contributed by atoms with Gasteiger partial charge in [0.25, 0.3) is 10.0 Å². The van der Waals surface area contributed by atoms with Crippen LogP contribution in [0.5, 0.6) is 0 Å². The van der Waals surface area contributed by atoms with Crippen molar-refractivity contribution in [1.29, 1.82) is 0 Å². The van der Waals surface area contributed by atoms with Crippen molar-refractivity contribution in [2.24, 2.45) is 0 Å². The topological polar surface area (TPSA) is 87.7 Å². The number of hydrogen-bond acceptors (Lipinski definition) is 5. The van der Waals surface area contributed by atoms with Gasteiger partial charge in [-0.15, -0.1) is 0 Å². The molecule has 162 valence electrons. The van der Waals surface area contributed by atoms with Crippen molar-refractivity contribution in [3.8, 4) is 0 Å². The summed E-state index contributed by atoms with van der Waals surface area (Å²) < 4.78 is 70.7. The Bertz CT molecular complexity index is 989. The quantitative estimate of drug-likeness (QED) is 0.717. The van der Waals surface area contributed by atoms with Gasteiger partial charge in [-0.1, -0.05) is 6.07 Å². The number of sulfonamides is 1. The SMILES string of the molecule is O=C(CN1CCOCC1)Nc1ccc(NS(=O)(=O)c2cccc(C(F)(F)F)c2)cc1. The number of nitrogens with zero attached hydrogens (tertiary/aromatic N) is 1. The van der Waals surface area contributed by atoms with E-state index >= 15 is 0 Å². The van der Waals surface area contributed by atoms with E-state index in [-0.39, 0.29) is 18.1 Å². The van der Waals surface area contributed by atoms with Gasteiger partial charge in [-0.05, 0) is 42.5 Å². The van der Waals surface area contributed by atoms with Crippen molar-refractivity contribution in [2.75, 3.05) is 42.9 Å². The number of alkyl halides is 3. The van der Waals surface area contributed by atoms with Crippen molar-refractivity contribution in [3.05, 3.63) is 54.1 Å². The predicted octanol–water partition coefficient (Wildman–Crippen LogP) is 2.78. The third-order valence-electron chi connectivity index (χ3n) is 4.36. The average molecular weight is 443 g/mol. The number of benzene rings is 2. The normalized spacial score (nSPS) is 15.6. The van der Waals surface area contributed by atoms with E-state index in [1.807, 2.05) is 4.90 Å². The zero-order valence-electron chi connectivity index (χ0n) is 15.8. The van der Waals surface area contributed by atoms with Gasteiger partial charge < -0.3 is 10.1 Å². The first kappa shape index (κ1) is 22.1. The molecule has 1 aliphatic rings. The van der Waals surface area contributed by atoms with Gasteiger partial charge in [-0.3, -0.25) is 14.4 Å². The number of hydrogen-bond donors (Lipinski definition) is 2. The van der Waals surface area contributed by atoms with Crippen LogP contribution in [-0.2, 0) is 25.7 Å². The summed E-state index contributed by atoms with van der Waals surface area (Å²) in [6.07, 6.45) is -4.65. The summed E-state index contributed by atoms with van der Waals surface area (Å²) in [7, 11) is -4.21. The van der Waals surface area contributed by atoms with Gasteiger partial charge in [0.2, 0.25) is 5.91 Å². The number of nitrogens with one attached hydrogen (secondary N) is 2. The Morgan fingerprint density at radius 3 is 2.30 bits per heavy atom. The van der Waals surface area contributed by atoms with Crippen LogP contribution in [-0.4, -0.2) is 52.1 Å². The van der Waals surface area contributed by atoms with E-state index in [4.69, 9.17) is 4.74 Å². The Morgan fingerprint density at radius 1 is 1.03 bits per heavy atom. The fourth-order valence-electron chi connectivity index (χ4n) is 2.84. The molecule has 1 heterocycles. The first-order chi connectivity index (χ1) is 14.1. The molecule has 0 unspecified atom stereocenters. The van der Waals surface area contributed by atoms with Crippen LogP contribution in [0.25, 0.3) is 0 Å². The monoisotopic (exact) mass is 443 g/mol. The van der Waals surface area contributed by atoms with Crippen LogP contribution in [0.2, 0.25) is 0 Å². The van der Waals surface area contributed by atoms with Crippen molar-refractivity contribution in [2.45, 2.75) is 11.1 Å². The molecular weight excluding hydrogens is 423 g/mol. The second kappa shape index (κ2) is 9.02. The fraction of sp³-hybridized carbons (Fsp3) is 0.316. The number of morpholine rings is 1. The van der Waals surface area contributed by atoms with Crippen molar-refractivity contribution in [1.82, 2.24) is 4.90 Å². The van der Waals surface area contributed by atoms with Crippen molar-refractivity contribution >= 4 is 27.3 Å². The van der Waals surface area contributed by atoms with Gasteiger partial charge >= 0.3 is 6.18 Å². The van der Waals surface area contributed by atoms with Gasteiger partial charge in [0.1, 0.15) is 0 Å². The van der Waals surface area contributed by atoms with Gasteiger partial charge in [-0.25, -0.2) is 8.42 Å². The minimum atomic E-state index is -4.65. The lowest BCUT2D eigenvalue weighted by molar-refractivity contribution is -0.137. The summed E-state index contributed by atoms with van der Waals surface area (Å²) >= 11 is 0. The Kier molecular flexibility index (Phi) is 6.64. The molecule has 0 atom stereocenters. The molecule has 1 amide bonds. The van der Waals surface area contributed by atoms with E-state index in [9.17, 15) is 26.4 Å². The number of amides is 1. The lowest BCUT2D eigenvalue weighted by Gasteiger charge is -2.25. The summed E-state index contributed by atoms with van der Waals surface area (Å²) in [5.74, 6) is -0.214. The van der Waals surface area contributed by atoms with Crippen LogP contribution in [0.1, 0.15) is 5.56 Å². The minimum absolute atomic E-state index is 0.151. The van der Waals surface area contributed by atoms with Crippen LogP contribution in [0.15, 0.2) is 53.4 Å². The minimum Gasteiger partial charge on any atom is -0.379 e. The zero-order valence-corrected chi connectivity index (χ0v) is 16.6. The van der Waals surface area contributed by atoms with E-state index in [2.05, 4.69) is 10.0 Å². The van der Waals surface area contributed by atoms with E-state index in [1.165, 1.54) is 24.3 Å². The molecule has 2 N–H and O–H groups in total. The molecule has 0 aliphatic carbocycles. The fourth-order valence-corrected chi connectivity index (χ4v) is 3.94. The van der Waals surface area contributed by atoms with E-state index in [1.54, 1.807) is 0 Å². The molecule has 2 aromatic rings. The molecule has 0 aromatic heterocycles. The lowest BCUT2D eigenvalue weighted by atomic mass is 10.2. The zero-order chi connectivity index (χ0) is 21.8. The maximum absolute atomic E-state index is 12.8. The highest BCUT2D eigenvalue weighted by Gasteiger charge is 2.31. The van der Waals surface area contributed by atoms with E-state index in [0.717, 1.165) is 18.2 Å². The molecule has 0 radical (unpaired) electrons. The molecule has 2 aromatic carbocycles. The third-order valence-corrected chi connectivity index (χ3v) is 5.74. The third kappa shape index (κ3) is 5.94. The molecule has 1 saturated heterocycles. The standard InChI is InChI=1S/C19H20F3N3O4S/c20-19(21,22)14-2-1-3-17(12-14)30(27,28)24-16-6-4-15(5-7-16)23-18(26)13-25-8-10-29-11-9-25/h1-7,12,24H,8-11,13H2,(H,23,26). The van der Waals surface area contributed by atoms with Crippen molar-refractivity contribution in [3.63, 3.8) is 0 Å². The lowest BCUT2D eigenvalue weighted by Crippen LogP contribution is -2.41. The smallest absolute Gasteiger partial charge is 0.379 e. The Balaban J connectivity index is 1.62. The van der Waals surface area contributed by atoms with E-state index < -0.39 is 26.7 Å². The number of halogens is 3. The molecule has 0 bridgehead atoms.